The standard InChI is InChI=1S/C16H21NO3S/c1-2-17-15(9-10-18)12-21(19,20)16-8-7-13-5-3-4-6-14(13)11-16/h3-8,11,15,17-18H,2,9-10,12H2,1H3. The first-order valence-corrected chi connectivity index (χ1v) is 8.78. The van der Waals surface area contributed by atoms with E-state index in [1.807, 2.05) is 37.3 Å². The van der Waals surface area contributed by atoms with E-state index in [2.05, 4.69) is 5.32 Å². The predicted octanol–water partition coefficient (Wildman–Crippen LogP) is 1.97. The van der Waals surface area contributed by atoms with Crippen molar-refractivity contribution in [3.05, 3.63) is 42.5 Å². The average molecular weight is 307 g/mol. The number of nitrogens with one attached hydrogen (secondary N) is 1. The number of hydrogen-bond acceptors (Lipinski definition) is 4. The number of fused-ring (bicyclic) bond motifs is 1. The van der Waals surface area contributed by atoms with Gasteiger partial charge < -0.3 is 10.4 Å². The molecule has 0 saturated heterocycles. The first-order valence-electron chi connectivity index (χ1n) is 7.12. The molecule has 0 spiro atoms. The second-order valence-electron chi connectivity index (χ2n) is 5.06. The van der Waals surface area contributed by atoms with Gasteiger partial charge in [-0.15, -0.1) is 0 Å². The zero-order chi connectivity index (χ0) is 15.3. The third-order valence-electron chi connectivity index (χ3n) is 3.47. The molecule has 0 radical (unpaired) electrons. The van der Waals surface area contributed by atoms with Crippen LogP contribution < -0.4 is 5.32 Å². The molecule has 0 aliphatic rings. The quantitative estimate of drug-likeness (QED) is 0.821. The van der Waals surface area contributed by atoms with Crippen LogP contribution in [0.3, 0.4) is 0 Å². The summed E-state index contributed by atoms with van der Waals surface area (Å²) in [6, 6.07) is 12.7. The van der Waals surface area contributed by atoms with E-state index in [4.69, 9.17) is 5.11 Å². The molecule has 5 heteroatoms. The number of rotatable bonds is 7. The van der Waals surface area contributed by atoms with Crippen molar-refractivity contribution in [3.63, 3.8) is 0 Å². The Morgan fingerprint density at radius 2 is 1.86 bits per heavy atom. The third-order valence-corrected chi connectivity index (χ3v) is 5.28. The Labute approximate surface area is 125 Å². The van der Waals surface area contributed by atoms with Crippen LogP contribution in [0.4, 0.5) is 0 Å². The van der Waals surface area contributed by atoms with Crippen LogP contribution in [0.1, 0.15) is 13.3 Å². The highest BCUT2D eigenvalue weighted by Crippen LogP contribution is 2.20. The third kappa shape index (κ3) is 4.03. The number of benzene rings is 2. The van der Waals surface area contributed by atoms with Gasteiger partial charge in [0, 0.05) is 12.6 Å². The maximum absolute atomic E-state index is 12.5. The SMILES string of the molecule is CCNC(CCO)CS(=O)(=O)c1ccc2ccccc2c1. The Morgan fingerprint density at radius 1 is 1.14 bits per heavy atom. The van der Waals surface area contributed by atoms with Gasteiger partial charge in [0.15, 0.2) is 9.84 Å². The van der Waals surface area contributed by atoms with Gasteiger partial charge in [-0.25, -0.2) is 8.42 Å². The molecule has 0 aliphatic heterocycles. The Bertz CT molecular complexity index is 691. The van der Waals surface area contributed by atoms with Crippen molar-refractivity contribution >= 4 is 20.6 Å². The minimum atomic E-state index is -3.37. The number of hydrogen-bond donors (Lipinski definition) is 2. The molecule has 0 fully saturated rings. The van der Waals surface area contributed by atoms with E-state index in [1.165, 1.54) is 0 Å². The molecule has 1 atom stereocenters. The molecule has 4 nitrogen and oxygen atoms in total. The van der Waals surface area contributed by atoms with Crippen LogP contribution in [0.2, 0.25) is 0 Å². The van der Waals surface area contributed by atoms with Crippen molar-refractivity contribution in [2.24, 2.45) is 0 Å². The molecular formula is C16H21NO3S. The van der Waals surface area contributed by atoms with Crippen molar-refractivity contribution in [3.8, 4) is 0 Å². The molecule has 0 bridgehead atoms. The van der Waals surface area contributed by atoms with Crippen molar-refractivity contribution in [1.29, 1.82) is 0 Å². The van der Waals surface area contributed by atoms with Crippen molar-refractivity contribution in [1.82, 2.24) is 5.32 Å². The van der Waals surface area contributed by atoms with Crippen LogP contribution in [0.25, 0.3) is 10.8 Å². The van der Waals surface area contributed by atoms with Crippen LogP contribution in [0.5, 0.6) is 0 Å². The minimum absolute atomic E-state index is 0.000258. The summed E-state index contributed by atoms with van der Waals surface area (Å²) in [5.74, 6) is -0.000258. The van der Waals surface area contributed by atoms with Gasteiger partial charge in [0.25, 0.3) is 0 Å². The van der Waals surface area contributed by atoms with Gasteiger partial charge in [-0.2, -0.15) is 0 Å². The largest absolute Gasteiger partial charge is 0.396 e. The van der Waals surface area contributed by atoms with Crippen molar-refractivity contribution in [2.75, 3.05) is 18.9 Å². The molecule has 2 aromatic rings. The molecule has 0 heterocycles. The van der Waals surface area contributed by atoms with Crippen LogP contribution in [0, 0.1) is 0 Å². The fourth-order valence-electron chi connectivity index (χ4n) is 2.41. The Balaban J connectivity index is 2.27. The zero-order valence-corrected chi connectivity index (χ0v) is 12.9. The van der Waals surface area contributed by atoms with Crippen molar-refractivity contribution in [2.45, 2.75) is 24.3 Å². The first kappa shape index (κ1) is 15.9. The monoisotopic (exact) mass is 307 g/mol. The van der Waals surface area contributed by atoms with E-state index in [1.54, 1.807) is 12.1 Å². The van der Waals surface area contributed by atoms with Gasteiger partial charge in [-0.05, 0) is 35.9 Å². The minimum Gasteiger partial charge on any atom is -0.396 e. The van der Waals surface area contributed by atoms with Crippen LogP contribution in [-0.2, 0) is 9.84 Å². The van der Waals surface area contributed by atoms with E-state index in [-0.39, 0.29) is 18.4 Å². The molecule has 2 aromatic carbocycles. The highest BCUT2D eigenvalue weighted by molar-refractivity contribution is 7.91. The number of aliphatic hydroxyl groups is 1. The van der Waals surface area contributed by atoms with E-state index >= 15 is 0 Å². The van der Waals surface area contributed by atoms with E-state index in [9.17, 15) is 8.42 Å². The molecule has 2 rings (SSSR count). The molecule has 0 aliphatic carbocycles. The molecule has 0 amide bonds. The van der Waals surface area contributed by atoms with Gasteiger partial charge in [0.05, 0.1) is 10.6 Å². The van der Waals surface area contributed by atoms with Crippen LogP contribution >= 0.6 is 0 Å². The normalized spacial score (nSPS) is 13.4. The average Bonchev–Trinajstić information content (AvgIpc) is 2.47. The lowest BCUT2D eigenvalue weighted by atomic mass is 10.1. The summed E-state index contributed by atoms with van der Waals surface area (Å²) < 4.78 is 25.0. The van der Waals surface area contributed by atoms with Crippen molar-refractivity contribution < 1.29 is 13.5 Å². The summed E-state index contributed by atoms with van der Waals surface area (Å²) in [6.07, 6.45) is 0.431. The van der Waals surface area contributed by atoms with E-state index in [0.717, 1.165) is 10.8 Å². The molecule has 114 valence electrons. The second kappa shape index (κ2) is 7.02. The summed E-state index contributed by atoms with van der Waals surface area (Å²) in [4.78, 5) is 0.335. The fraction of sp³-hybridized carbons (Fsp3) is 0.375. The lowest BCUT2D eigenvalue weighted by molar-refractivity contribution is 0.270. The lowest BCUT2D eigenvalue weighted by Gasteiger charge is -2.17. The summed E-state index contributed by atoms with van der Waals surface area (Å²) in [6.45, 7) is 2.58. The molecule has 1 unspecified atom stereocenters. The molecular weight excluding hydrogens is 286 g/mol. The fourth-order valence-corrected chi connectivity index (χ4v) is 4.00. The Kier molecular flexibility index (Phi) is 5.33. The highest BCUT2D eigenvalue weighted by Gasteiger charge is 2.20. The summed E-state index contributed by atoms with van der Waals surface area (Å²) in [5.41, 5.74) is 0. The number of sulfone groups is 1. The van der Waals surface area contributed by atoms with Gasteiger partial charge in [-0.1, -0.05) is 37.3 Å². The van der Waals surface area contributed by atoms with E-state index in [0.29, 0.717) is 17.9 Å². The summed E-state index contributed by atoms with van der Waals surface area (Å²) in [5, 5.41) is 14.1. The Hall–Kier alpha value is -1.43. The molecule has 21 heavy (non-hydrogen) atoms. The predicted molar refractivity (Wildman–Crippen MR) is 85.2 cm³/mol. The van der Waals surface area contributed by atoms with Gasteiger partial charge in [0.1, 0.15) is 0 Å². The molecule has 0 saturated carbocycles. The molecule has 0 aromatic heterocycles. The smallest absolute Gasteiger partial charge is 0.179 e. The lowest BCUT2D eigenvalue weighted by Crippen LogP contribution is -2.36. The van der Waals surface area contributed by atoms with Gasteiger partial charge in [-0.3, -0.25) is 0 Å². The topological polar surface area (TPSA) is 66.4 Å². The zero-order valence-electron chi connectivity index (χ0n) is 12.1. The van der Waals surface area contributed by atoms with Gasteiger partial charge >= 0.3 is 0 Å². The maximum Gasteiger partial charge on any atom is 0.179 e. The Morgan fingerprint density at radius 3 is 2.52 bits per heavy atom. The second-order valence-corrected chi connectivity index (χ2v) is 7.09. The maximum atomic E-state index is 12.5. The van der Waals surface area contributed by atoms with Crippen LogP contribution in [0.15, 0.2) is 47.4 Å². The number of aliphatic hydroxyl groups excluding tert-OH is 1. The summed E-state index contributed by atoms with van der Waals surface area (Å²) >= 11 is 0. The molecule has 2 N–H and O–H groups in total. The van der Waals surface area contributed by atoms with Gasteiger partial charge in [0.2, 0.25) is 0 Å². The highest BCUT2D eigenvalue weighted by atomic mass is 32.2. The first-order chi connectivity index (χ1) is 10.1. The van der Waals surface area contributed by atoms with E-state index < -0.39 is 9.84 Å². The van der Waals surface area contributed by atoms with Crippen LogP contribution in [-0.4, -0.2) is 38.5 Å². The summed E-state index contributed by atoms with van der Waals surface area (Å²) in [7, 11) is -3.37.